The lowest BCUT2D eigenvalue weighted by molar-refractivity contribution is -0.132. The summed E-state index contributed by atoms with van der Waals surface area (Å²) in [6, 6.07) is 12.2. The van der Waals surface area contributed by atoms with Crippen molar-refractivity contribution < 1.29 is 4.79 Å². The Kier molecular flexibility index (Phi) is 8.10. The minimum Gasteiger partial charge on any atom is -0.354 e. The monoisotopic (exact) mass is 477 g/mol. The van der Waals surface area contributed by atoms with Gasteiger partial charge in [-0.1, -0.05) is 12.1 Å². The van der Waals surface area contributed by atoms with E-state index < -0.39 is 0 Å². The fourth-order valence-corrected chi connectivity index (χ4v) is 5.71. The number of piperazine rings is 2. The van der Waals surface area contributed by atoms with Crippen LogP contribution < -0.4 is 9.80 Å². The standard InChI is InChI=1S/C27H39N7O/c35-27(34-20-18-33(19-21-34)26-8-2-4-11-29-26)9-13-30-12-5-6-24(22-30)23-31-14-16-32(17-15-31)25-7-1-3-10-28-25/h1-4,7-8,10-11,24H,5-6,9,12-23H2/t24-/m1/s1. The number of carbonyl (C=O) groups excluding carboxylic acids is 1. The van der Waals surface area contributed by atoms with Gasteiger partial charge in [0.15, 0.2) is 0 Å². The molecule has 0 unspecified atom stereocenters. The smallest absolute Gasteiger partial charge is 0.223 e. The van der Waals surface area contributed by atoms with Gasteiger partial charge in [0, 0.05) is 90.8 Å². The zero-order valence-electron chi connectivity index (χ0n) is 20.8. The Bertz CT molecular complexity index is 912. The van der Waals surface area contributed by atoms with Gasteiger partial charge in [0.2, 0.25) is 5.91 Å². The zero-order chi connectivity index (χ0) is 23.9. The summed E-state index contributed by atoms with van der Waals surface area (Å²) in [6.07, 6.45) is 6.90. The van der Waals surface area contributed by atoms with Gasteiger partial charge in [-0.3, -0.25) is 9.69 Å². The van der Waals surface area contributed by atoms with E-state index in [0.717, 1.165) is 83.6 Å². The molecular formula is C27H39N7O. The van der Waals surface area contributed by atoms with E-state index in [-0.39, 0.29) is 0 Å². The molecule has 0 N–H and O–H groups in total. The number of nitrogens with zero attached hydrogens (tertiary/aromatic N) is 7. The molecule has 5 rings (SSSR count). The molecular weight excluding hydrogens is 438 g/mol. The summed E-state index contributed by atoms with van der Waals surface area (Å²) in [5, 5.41) is 0. The largest absolute Gasteiger partial charge is 0.354 e. The zero-order valence-corrected chi connectivity index (χ0v) is 20.8. The number of amides is 1. The lowest BCUT2D eigenvalue weighted by Crippen LogP contribution is -2.50. The first-order chi connectivity index (χ1) is 17.2. The summed E-state index contributed by atoms with van der Waals surface area (Å²) in [4.78, 5) is 33.7. The second kappa shape index (κ2) is 11.8. The van der Waals surface area contributed by atoms with Gasteiger partial charge < -0.3 is 19.6 Å². The van der Waals surface area contributed by atoms with Crippen LogP contribution in [0.3, 0.4) is 0 Å². The number of pyridine rings is 2. The molecule has 0 radical (unpaired) electrons. The molecule has 2 aromatic heterocycles. The molecule has 0 spiro atoms. The van der Waals surface area contributed by atoms with E-state index >= 15 is 0 Å². The van der Waals surface area contributed by atoms with Gasteiger partial charge in [-0.05, 0) is 49.6 Å². The van der Waals surface area contributed by atoms with Gasteiger partial charge >= 0.3 is 0 Å². The van der Waals surface area contributed by atoms with Crippen LogP contribution in [0.1, 0.15) is 19.3 Å². The van der Waals surface area contributed by atoms with Gasteiger partial charge in [0.1, 0.15) is 11.6 Å². The fraction of sp³-hybridized carbons (Fsp3) is 0.593. The highest BCUT2D eigenvalue weighted by molar-refractivity contribution is 5.76. The van der Waals surface area contributed by atoms with Crippen molar-refractivity contribution in [3.05, 3.63) is 48.8 Å². The molecule has 0 saturated carbocycles. The molecule has 8 nitrogen and oxygen atoms in total. The Labute approximate surface area is 209 Å². The molecule has 3 aliphatic rings. The SMILES string of the molecule is O=C(CCN1CCC[C@@H](CN2CCN(c3ccccn3)CC2)C1)N1CCN(c2ccccn2)CC1. The number of anilines is 2. The molecule has 3 aliphatic heterocycles. The second-order valence-corrected chi connectivity index (χ2v) is 10.1. The van der Waals surface area contributed by atoms with Crippen molar-refractivity contribution in [3.63, 3.8) is 0 Å². The van der Waals surface area contributed by atoms with Crippen molar-refractivity contribution in [1.29, 1.82) is 0 Å². The first-order valence-electron chi connectivity index (χ1n) is 13.3. The van der Waals surface area contributed by atoms with Crippen LogP contribution in [0.4, 0.5) is 11.6 Å². The first-order valence-corrected chi connectivity index (χ1v) is 13.3. The highest BCUT2D eigenvalue weighted by atomic mass is 16.2. The molecule has 188 valence electrons. The molecule has 2 aromatic rings. The van der Waals surface area contributed by atoms with Crippen molar-refractivity contribution in [3.8, 4) is 0 Å². The van der Waals surface area contributed by atoms with E-state index in [1.54, 1.807) is 0 Å². The summed E-state index contributed by atoms with van der Waals surface area (Å²) in [5.41, 5.74) is 0. The van der Waals surface area contributed by atoms with E-state index in [9.17, 15) is 4.79 Å². The third-order valence-corrected chi connectivity index (χ3v) is 7.71. The van der Waals surface area contributed by atoms with Crippen molar-refractivity contribution in [1.82, 2.24) is 24.7 Å². The molecule has 1 amide bonds. The summed E-state index contributed by atoms with van der Waals surface area (Å²) < 4.78 is 0. The highest BCUT2D eigenvalue weighted by Gasteiger charge is 2.26. The lowest BCUT2D eigenvalue weighted by atomic mass is 9.97. The summed E-state index contributed by atoms with van der Waals surface area (Å²) in [7, 11) is 0. The van der Waals surface area contributed by atoms with Crippen LogP contribution in [0.25, 0.3) is 0 Å². The Morgan fingerprint density at radius 2 is 1.40 bits per heavy atom. The van der Waals surface area contributed by atoms with Crippen LogP contribution in [-0.4, -0.2) is 109 Å². The van der Waals surface area contributed by atoms with Crippen LogP contribution >= 0.6 is 0 Å². The predicted molar refractivity (Wildman–Crippen MR) is 140 cm³/mol. The van der Waals surface area contributed by atoms with Gasteiger partial charge in [-0.25, -0.2) is 9.97 Å². The molecule has 0 bridgehead atoms. The maximum Gasteiger partial charge on any atom is 0.223 e. The number of rotatable bonds is 7. The Hall–Kier alpha value is -2.71. The van der Waals surface area contributed by atoms with Crippen LogP contribution in [0.15, 0.2) is 48.8 Å². The van der Waals surface area contributed by atoms with Crippen LogP contribution in [0.2, 0.25) is 0 Å². The third kappa shape index (κ3) is 6.49. The molecule has 8 heteroatoms. The number of carbonyl (C=O) groups is 1. The van der Waals surface area contributed by atoms with Crippen LogP contribution in [0, 0.1) is 5.92 Å². The topological polar surface area (TPSA) is 59.1 Å². The van der Waals surface area contributed by atoms with Crippen molar-refractivity contribution in [2.45, 2.75) is 19.3 Å². The Morgan fingerprint density at radius 3 is 2.00 bits per heavy atom. The average molecular weight is 478 g/mol. The summed E-state index contributed by atoms with van der Waals surface area (Å²) in [5.74, 6) is 3.12. The van der Waals surface area contributed by atoms with Gasteiger partial charge in [-0.2, -0.15) is 0 Å². The lowest BCUT2D eigenvalue weighted by Gasteiger charge is -2.40. The highest BCUT2D eigenvalue weighted by Crippen LogP contribution is 2.20. The van der Waals surface area contributed by atoms with E-state index in [1.807, 2.05) is 41.6 Å². The molecule has 35 heavy (non-hydrogen) atoms. The molecule has 0 aliphatic carbocycles. The van der Waals surface area contributed by atoms with Crippen molar-refractivity contribution >= 4 is 17.5 Å². The van der Waals surface area contributed by atoms with Crippen LogP contribution in [0.5, 0.6) is 0 Å². The Morgan fingerprint density at radius 1 is 0.771 bits per heavy atom. The third-order valence-electron chi connectivity index (χ3n) is 7.71. The normalized spacial score (nSPS) is 22.4. The number of hydrogen-bond donors (Lipinski definition) is 0. The quantitative estimate of drug-likeness (QED) is 0.605. The Balaban J connectivity index is 1.01. The maximum atomic E-state index is 12.9. The number of likely N-dealkylation sites (tertiary alicyclic amines) is 1. The molecule has 5 heterocycles. The number of aromatic nitrogens is 2. The number of piperidine rings is 1. The minimum absolute atomic E-state index is 0.304. The molecule has 1 atom stereocenters. The van der Waals surface area contributed by atoms with E-state index in [0.29, 0.717) is 18.2 Å². The fourth-order valence-electron chi connectivity index (χ4n) is 5.71. The van der Waals surface area contributed by atoms with E-state index in [1.165, 1.54) is 19.4 Å². The molecule has 3 fully saturated rings. The predicted octanol–water partition coefficient (Wildman–Crippen LogP) is 2.05. The van der Waals surface area contributed by atoms with Gasteiger partial charge in [-0.15, -0.1) is 0 Å². The summed E-state index contributed by atoms with van der Waals surface area (Å²) >= 11 is 0. The van der Waals surface area contributed by atoms with Crippen molar-refractivity contribution in [2.75, 3.05) is 88.3 Å². The minimum atomic E-state index is 0.304. The maximum absolute atomic E-state index is 12.9. The van der Waals surface area contributed by atoms with E-state index in [4.69, 9.17) is 0 Å². The van der Waals surface area contributed by atoms with Gasteiger partial charge in [0.25, 0.3) is 0 Å². The average Bonchev–Trinajstić information content (AvgIpc) is 2.93. The van der Waals surface area contributed by atoms with E-state index in [2.05, 4.69) is 41.7 Å². The summed E-state index contributed by atoms with van der Waals surface area (Å²) in [6.45, 7) is 12.0. The first kappa shape index (κ1) is 24.0. The van der Waals surface area contributed by atoms with Crippen molar-refractivity contribution in [2.24, 2.45) is 5.92 Å². The van der Waals surface area contributed by atoms with Gasteiger partial charge in [0.05, 0.1) is 0 Å². The molecule has 0 aromatic carbocycles. The van der Waals surface area contributed by atoms with Crippen LogP contribution in [-0.2, 0) is 4.79 Å². The molecule has 3 saturated heterocycles. The number of hydrogen-bond acceptors (Lipinski definition) is 7. The second-order valence-electron chi connectivity index (χ2n) is 10.1.